The Bertz CT molecular complexity index is 740. The van der Waals surface area contributed by atoms with Gasteiger partial charge in [0.15, 0.2) is 0 Å². The van der Waals surface area contributed by atoms with Gasteiger partial charge in [0.05, 0.1) is 22.2 Å². The number of imidazole rings is 1. The van der Waals surface area contributed by atoms with Gasteiger partial charge in [0, 0.05) is 21.8 Å². The average Bonchev–Trinajstić information content (AvgIpc) is 2.81. The number of pyridine rings is 1. The second-order valence-electron chi connectivity index (χ2n) is 4.15. The van der Waals surface area contributed by atoms with Gasteiger partial charge in [-0.15, -0.1) is 0 Å². The van der Waals surface area contributed by atoms with E-state index < -0.39 is 10.8 Å². The summed E-state index contributed by atoms with van der Waals surface area (Å²) < 4.78 is 15.1. The van der Waals surface area contributed by atoms with Crippen LogP contribution < -0.4 is 0 Å². The third kappa shape index (κ3) is 2.77. The zero-order valence-electron chi connectivity index (χ0n) is 9.99. The molecule has 0 saturated carbocycles. The van der Waals surface area contributed by atoms with Gasteiger partial charge < -0.3 is 4.40 Å². The quantitative estimate of drug-likeness (QED) is 0.735. The first-order valence-electron chi connectivity index (χ1n) is 5.79. The minimum Gasteiger partial charge on any atom is -0.306 e. The first kappa shape index (κ1) is 12.6. The molecule has 96 valence electrons. The normalized spacial score (nSPS) is 12.7. The van der Waals surface area contributed by atoms with Gasteiger partial charge in [-0.05, 0) is 40.2 Å². The molecule has 0 unspecified atom stereocenters. The third-order valence-electron chi connectivity index (χ3n) is 2.75. The fraction of sp³-hybridized carbons (Fsp3) is 0.0714. The van der Waals surface area contributed by atoms with Crippen molar-refractivity contribution in [2.45, 2.75) is 10.6 Å². The summed E-state index contributed by atoms with van der Waals surface area (Å²) in [6.07, 6.45) is 3.86. The Morgan fingerprint density at radius 3 is 2.68 bits per heavy atom. The number of halogens is 1. The van der Waals surface area contributed by atoms with E-state index in [0.29, 0.717) is 5.75 Å². The highest BCUT2D eigenvalue weighted by Gasteiger charge is 2.08. The highest BCUT2D eigenvalue weighted by Crippen LogP contribution is 2.15. The minimum atomic E-state index is -1.05. The number of nitrogens with zero attached hydrogens (tertiary/aromatic N) is 2. The van der Waals surface area contributed by atoms with Crippen molar-refractivity contribution in [2.24, 2.45) is 0 Å². The standard InChI is InChI=1S/C14H11BrN2OS/c15-11-6-7-14-16-12(9-17(14)8-11)10-19(18)13-4-2-1-3-5-13/h1-9H,10H2/t19-/m0/s1. The monoisotopic (exact) mass is 334 g/mol. The molecule has 5 heteroatoms. The van der Waals surface area contributed by atoms with E-state index in [-0.39, 0.29) is 0 Å². The second-order valence-corrected chi connectivity index (χ2v) is 6.51. The summed E-state index contributed by atoms with van der Waals surface area (Å²) >= 11 is 3.42. The Morgan fingerprint density at radius 2 is 1.89 bits per heavy atom. The van der Waals surface area contributed by atoms with E-state index in [1.54, 1.807) is 0 Å². The molecule has 19 heavy (non-hydrogen) atoms. The van der Waals surface area contributed by atoms with Crippen molar-refractivity contribution in [2.75, 3.05) is 0 Å². The van der Waals surface area contributed by atoms with E-state index in [4.69, 9.17) is 0 Å². The van der Waals surface area contributed by atoms with Crippen LogP contribution in [0.1, 0.15) is 5.69 Å². The highest BCUT2D eigenvalue weighted by atomic mass is 79.9. The lowest BCUT2D eigenvalue weighted by Crippen LogP contribution is -1.96. The number of hydrogen-bond acceptors (Lipinski definition) is 2. The number of benzene rings is 1. The number of aromatic nitrogens is 2. The molecule has 1 aromatic carbocycles. The van der Waals surface area contributed by atoms with Crippen LogP contribution in [0.15, 0.2) is 64.2 Å². The smallest absolute Gasteiger partial charge is 0.137 e. The van der Waals surface area contributed by atoms with Gasteiger partial charge in [0.2, 0.25) is 0 Å². The summed E-state index contributed by atoms with van der Waals surface area (Å²) in [6.45, 7) is 0. The molecular weight excluding hydrogens is 324 g/mol. The molecule has 1 atom stereocenters. The average molecular weight is 335 g/mol. The summed E-state index contributed by atoms with van der Waals surface area (Å²) in [5.74, 6) is 0.434. The van der Waals surface area contributed by atoms with Gasteiger partial charge in [-0.1, -0.05) is 18.2 Å². The van der Waals surface area contributed by atoms with Crippen molar-refractivity contribution in [3.05, 3.63) is 65.0 Å². The Kier molecular flexibility index (Phi) is 3.48. The van der Waals surface area contributed by atoms with Crippen molar-refractivity contribution < 1.29 is 4.21 Å². The molecule has 0 spiro atoms. The molecule has 0 bridgehead atoms. The fourth-order valence-electron chi connectivity index (χ4n) is 1.88. The highest BCUT2D eigenvalue weighted by molar-refractivity contribution is 9.10. The van der Waals surface area contributed by atoms with Crippen LogP contribution in [0.2, 0.25) is 0 Å². The van der Waals surface area contributed by atoms with E-state index >= 15 is 0 Å². The Labute approximate surface area is 121 Å². The Hall–Kier alpha value is -1.46. The molecule has 0 saturated heterocycles. The lowest BCUT2D eigenvalue weighted by molar-refractivity contribution is 0.682. The summed E-state index contributed by atoms with van der Waals surface area (Å²) in [4.78, 5) is 5.30. The molecule has 0 radical (unpaired) electrons. The first-order chi connectivity index (χ1) is 9.22. The maximum Gasteiger partial charge on any atom is 0.137 e. The molecule has 0 amide bonds. The van der Waals surface area contributed by atoms with Crippen LogP contribution in [0.3, 0.4) is 0 Å². The maximum absolute atomic E-state index is 12.2. The molecule has 0 aliphatic rings. The van der Waals surface area contributed by atoms with Crippen molar-refractivity contribution >= 4 is 32.4 Å². The van der Waals surface area contributed by atoms with Crippen LogP contribution in [0.5, 0.6) is 0 Å². The van der Waals surface area contributed by atoms with Crippen molar-refractivity contribution in [1.82, 2.24) is 9.38 Å². The molecule has 2 heterocycles. The van der Waals surface area contributed by atoms with Crippen LogP contribution in [0.25, 0.3) is 5.65 Å². The van der Waals surface area contributed by atoms with Gasteiger partial charge in [-0.25, -0.2) is 4.98 Å². The zero-order chi connectivity index (χ0) is 13.2. The van der Waals surface area contributed by atoms with E-state index in [1.807, 2.05) is 59.3 Å². The largest absolute Gasteiger partial charge is 0.306 e. The SMILES string of the molecule is O=[S@@](Cc1cn2cc(Br)ccc2n1)c1ccccc1. The fourth-order valence-corrected chi connectivity index (χ4v) is 3.26. The third-order valence-corrected chi connectivity index (χ3v) is 4.57. The van der Waals surface area contributed by atoms with Crippen molar-refractivity contribution in [1.29, 1.82) is 0 Å². The van der Waals surface area contributed by atoms with E-state index in [2.05, 4.69) is 20.9 Å². The zero-order valence-corrected chi connectivity index (χ0v) is 12.4. The van der Waals surface area contributed by atoms with Gasteiger partial charge in [-0.2, -0.15) is 0 Å². The topological polar surface area (TPSA) is 34.4 Å². The summed E-state index contributed by atoms with van der Waals surface area (Å²) in [5.41, 5.74) is 1.70. The predicted molar refractivity (Wildman–Crippen MR) is 79.4 cm³/mol. The lowest BCUT2D eigenvalue weighted by Gasteiger charge is -1.98. The van der Waals surface area contributed by atoms with Crippen LogP contribution in [0, 0.1) is 0 Å². The number of fused-ring (bicyclic) bond motifs is 1. The Morgan fingerprint density at radius 1 is 1.11 bits per heavy atom. The lowest BCUT2D eigenvalue weighted by atomic mass is 10.4. The van der Waals surface area contributed by atoms with E-state index in [9.17, 15) is 4.21 Å². The van der Waals surface area contributed by atoms with Crippen LogP contribution >= 0.6 is 15.9 Å². The van der Waals surface area contributed by atoms with Crippen LogP contribution in [0.4, 0.5) is 0 Å². The number of rotatable bonds is 3. The molecule has 3 nitrogen and oxygen atoms in total. The van der Waals surface area contributed by atoms with Crippen LogP contribution in [-0.2, 0) is 16.6 Å². The van der Waals surface area contributed by atoms with Gasteiger partial charge >= 0.3 is 0 Å². The first-order valence-corrected chi connectivity index (χ1v) is 7.90. The molecule has 0 fully saturated rings. The van der Waals surface area contributed by atoms with Crippen molar-refractivity contribution in [3.63, 3.8) is 0 Å². The van der Waals surface area contributed by atoms with E-state index in [1.165, 1.54) is 0 Å². The summed E-state index contributed by atoms with van der Waals surface area (Å²) in [7, 11) is -1.05. The molecule has 0 aliphatic carbocycles. The van der Waals surface area contributed by atoms with E-state index in [0.717, 1.165) is 20.7 Å². The van der Waals surface area contributed by atoms with Crippen molar-refractivity contribution in [3.8, 4) is 0 Å². The predicted octanol–water partition coefficient (Wildman–Crippen LogP) is 3.40. The molecule has 2 aromatic heterocycles. The molecule has 3 rings (SSSR count). The molecular formula is C14H11BrN2OS. The second kappa shape index (κ2) is 5.27. The minimum absolute atomic E-state index is 0.434. The molecule has 3 aromatic rings. The summed E-state index contributed by atoms with van der Waals surface area (Å²) in [5, 5.41) is 0. The maximum atomic E-state index is 12.2. The summed E-state index contributed by atoms with van der Waals surface area (Å²) in [6, 6.07) is 13.3. The molecule has 0 aliphatic heterocycles. The molecule has 0 N–H and O–H groups in total. The van der Waals surface area contributed by atoms with Gasteiger partial charge in [0.25, 0.3) is 0 Å². The van der Waals surface area contributed by atoms with Gasteiger partial charge in [-0.3, -0.25) is 4.21 Å². The van der Waals surface area contributed by atoms with Gasteiger partial charge in [0.1, 0.15) is 5.65 Å². The number of hydrogen-bond donors (Lipinski definition) is 0. The van der Waals surface area contributed by atoms with Crippen LogP contribution in [-0.4, -0.2) is 13.6 Å². The Balaban J connectivity index is 1.87.